The number of alkyl halides is 3. The number of imidazole rings is 1. The molecule has 11 heteroatoms. The molecule has 1 saturated heterocycles. The smallest absolute Gasteiger partial charge is 0.405 e. The van der Waals surface area contributed by atoms with Gasteiger partial charge in [-0.05, 0) is 55.6 Å². The van der Waals surface area contributed by atoms with Crippen molar-refractivity contribution in [1.29, 1.82) is 0 Å². The maximum Gasteiger partial charge on any atom is 0.405 e. The van der Waals surface area contributed by atoms with Crippen LogP contribution >= 0.6 is 0 Å². The van der Waals surface area contributed by atoms with E-state index < -0.39 is 42.6 Å². The number of aromatic nitrogens is 3. The molecule has 2 aromatic heterocycles. The second-order valence-corrected chi connectivity index (χ2v) is 9.51. The third-order valence-corrected chi connectivity index (χ3v) is 7.19. The topological polar surface area (TPSA) is 109 Å². The van der Waals surface area contributed by atoms with Gasteiger partial charge in [0.15, 0.2) is 5.65 Å². The van der Waals surface area contributed by atoms with Crippen molar-refractivity contribution >= 4 is 17.6 Å². The lowest BCUT2D eigenvalue weighted by atomic mass is 9.68. The maximum atomic E-state index is 13.1. The van der Waals surface area contributed by atoms with E-state index in [-0.39, 0.29) is 18.8 Å². The van der Waals surface area contributed by atoms with Crippen LogP contribution in [0.2, 0.25) is 0 Å². The summed E-state index contributed by atoms with van der Waals surface area (Å²) in [6.45, 7) is -0.392. The van der Waals surface area contributed by atoms with Gasteiger partial charge in [0.05, 0.1) is 29.5 Å². The number of carbonyl (C=O) groups is 2. The number of carbonyl (C=O) groups excluding carboxylic acids is 1. The molecule has 1 unspecified atom stereocenters. The first-order valence-corrected chi connectivity index (χ1v) is 10.8. The number of carboxylic acid groups (broad SMARTS) is 1. The van der Waals surface area contributed by atoms with Crippen LogP contribution < -0.4 is 10.6 Å². The van der Waals surface area contributed by atoms with E-state index in [0.717, 1.165) is 12.8 Å². The average Bonchev–Trinajstić information content (AvgIpc) is 3.38. The summed E-state index contributed by atoms with van der Waals surface area (Å²) in [6.07, 6.45) is 0.365. The maximum absolute atomic E-state index is 13.1. The van der Waals surface area contributed by atoms with Crippen molar-refractivity contribution in [2.45, 2.75) is 50.7 Å². The number of rotatable bonds is 5. The highest BCUT2D eigenvalue weighted by Gasteiger charge is 2.55. The van der Waals surface area contributed by atoms with E-state index in [9.17, 15) is 27.9 Å². The molecular weight excluding hydrogens is 427 g/mol. The molecule has 2 saturated carbocycles. The van der Waals surface area contributed by atoms with E-state index in [1.54, 1.807) is 18.3 Å². The summed E-state index contributed by atoms with van der Waals surface area (Å²) in [5.74, 6) is -2.59. The van der Waals surface area contributed by atoms with Crippen molar-refractivity contribution in [3.05, 3.63) is 29.7 Å². The molecule has 0 aromatic carbocycles. The Morgan fingerprint density at radius 1 is 1.34 bits per heavy atom. The van der Waals surface area contributed by atoms with Crippen LogP contribution in [0.1, 0.15) is 49.5 Å². The minimum absolute atomic E-state index is 0.0871. The standard InChI is InChI=1S/C21H24F3N5O3/c22-21(23,24)13-5-11(18(30)25-9-13)6-14-1-2-16-26-15(10-29(16)28-14)17(27-19(31)32)12-7-20(8-12)3-4-20/h1-2,10-13,17,27H,3-9H2,(H,25,30)(H,31,32)/t11?,13-,17+/m1/s1. The number of hydrogen-bond acceptors (Lipinski definition) is 4. The zero-order valence-electron chi connectivity index (χ0n) is 17.2. The Kier molecular flexibility index (Phi) is 4.82. The molecule has 32 heavy (non-hydrogen) atoms. The number of fused-ring (bicyclic) bond motifs is 1. The molecule has 1 spiro atoms. The van der Waals surface area contributed by atoms with E-state index in [0.29, 0.717) is 22.5 Å². The lowest BCUT2D eigenvalue weighted by Crippen LogP contribution is -2.47. The molecule has 2 aliphatic carbocycles. The fraction of sp³-hybridized carbons (Fsp3) is 0.619. The van der Waals surface area contributed by atoms with Crippen molar-refractivity contribution in [3.8, 4) is 0 Å². The zero-order valence-corrected chi connectivity index (χ0v) is 17.2. The quantitative estimate of drug-likeness (QED) is 0.648. The fourth-order valence-electron chi connectivity index (χ4n) is 5.22. The normalized spacial score (nSPS) is 25.9. The number of piperidine rings is 1. The molecule has 2 amide bonds. The summed E-state index contributed by atoms with van der Waals surface area (Å²) in [4.78, 5) is 28.0. The van der Waals surface area contributed by atoms with Crippen LogP contribution in [0.15, 0.2) is 18.3 Å². The highest BCUT2D eigenvalue weighted by atomic mass is 19.4. The number of halogens is 3. The number of amides is 2. The molecule has 3 heterocycles. The van der Waals surface area contributed by atoms with Crippen molar-refractivity contribution in [2.75, 3.05) is 6.54 Å². The summed E-state index contributed by atoms with van der Waals surface area (Å²) < 4.78 is 40.8. The Hall–Kier alpha value is -2.85. The van der Waals surface area contributed by atoms with E-state index in [2.05, 4.69) is 20.7 Å². The SMILES string of the molecule is O=C(O)N[C@H](c1cn2nc(CC3C[C@@H](C(F)(F)F)CNC3=O)ccc2n1)C1CC2(CC2)C1. The van der Waals surface area contributed by atoms with Gasteiger partial charge < -0.3 is 15.7 Å². The Morgan fingerprint density at radius 2 is 2.09 bits per heavy atom. The highest BCUT2D eigenvalue weighted by Crippen LogP contribution is 2.65. The van der Waals surface area contributed by atoms with Crippen LogP contribution in [-0.4, -0.2) is 44.4 Å². The second kappa shape index (κ2) is 7.35. The van der Waals surface area contributed by atoms with Gasteiger partial charge in [-0.15, -0.1) is 0 Å². The molecule has 3 fully saturated rings. The summed E-state index contributed by atoms with van der Waals surface area (Å²) in [6, 6.07) is 2.91. The van der Waals surface area contributed by atoms with Gasteiger partial charge in [-0.2, -0.15) is 18.3 Å². The van der Waals surface area contributed by atoms with Gasteiger partial charge in [-0.25, -0.2) is 14.3 Å². The van der Waals surface area contributed by atoms with Crippen LogP contribution in [0.25, 0.3) is 5.65 Å². The monoisotopic (exact) mass is 451 g/mol. The summed E-state index contributed by atoms with van der Waals surface area (Å²) in [5, 5.41) is 18.7. The molecule has 3 N–H and O–H groups in total. The Bertz CT molecular complexity index is 1060. The molecule has 1 aliphatic heterocycles. The molecule has 5 rings (SSSR count). The Labute approximate surface area is 181 Å². The number of nitrogens with zero attached hydrogens (tertiary/aromatic N) is 3. The van der Waals surface area contributed by atoms with E-state index in [1.165, 1.54) is 17.4 Å². The predicted octanol–water partition coefficient (Wildman–Crippen LogP) is 3.09. The Balaban J connectivity index is 1.34. The molecule has 172 valence electrons. The van der Waals surface area contributed by atoms with E-state index >= 15 is 0 Å². The summed E-state index contributed by atoms with van der Waals surface area (Å²) in [5.41, 5.74) is 1.98. The fourth-order valence-corrected chi connectivity index (χ4v) is 5.22. The number of nitrogens with one attached hydrogen (secondary N) is 2. The second-order valence-electron chi connectivity index (χ2n) is 9.51. The molecule has 3 aliphatic rings. The minimum Gasteiger partial charge on any atom is -0.465 e. The lowest BCUT2D eigenvalue weighted by molar-refractivity contribution is -0.183. The zero-order chi connectivity index (χ0) is 22.7. The van der Waals surface area contributed by atoms with Gasteiger partial charge in [0, 0.05) is 18.9 Å². The van der Waals surface area contributed by atoms with Crippen molar-refractivity contribution < 1.29 is 27.9 Å². The minimum atomic E-state index is -4.35. The molecule has 8 nitrogen and oxygen atoms in total. The third-order valence-electron chi connectivity index (χ3n) is 7.19. The molecule has 3 atom stereocenters. The van der Waals surface area contributed by atoms with Crippen LogP contribution in [0.3, 0.4) is 0 Å². The largest absolute Gasteiger partial charge is 0.465 e. The van der Waals surface area contributed by atoms with Crippen molar-refractivity contribution in [3.63, 3.8) is 0 Å². The predicted molar refractivity (Wildman–Crippen MR) is 106 cm³/mol. The first-order chi connectivity index (χ1) is 15.1. The average molecular weight is 451 g/mol. The first-order valence-electron chi connectivity index (χ1n) is 10.8. The van der Waals surface area contributed by atoms with Gasteiger partial charge in [0.2, 0.25) is 5.91 Å². The van der Waals surface area contributed by atoms with Crippen LogP contribution in [0.4, 0.5) is 18.0 Å². The van der Waals surface area contributed by atoms with Crippen molar-refractivity contribution in [1.82, 2.24) is 25.2 Å². The van der Waals surface area contributed by atoms with Crippen LogP contribution in [-0.2, 0) is 11.2 Å². The Morgan fingerprint density at radius 3 is 2.75 bits per heavy atom. The van der Waals surface area contributed by atoms with Gasteiger partial charge >= 0.3 is 12.3 Å². The van der Waals surface area contributed by atoms with Gasteiger partial charge in [0.25, 0.3) is 0 Å². The first kappa shape index (κ1) is 21.0. The van der Waals surface area contributed by atoms with Crippen LogP contribution in [0.5, 0.6) is 0 Å². The molecule has 0 radical (unpaired) electrons. The highest BCUT2D eigenvalue weighted by molar-refractivity contribution is 5.79. The molecule has 0 bridgehead atoms. The van der Waals surface area contributed by atoms with Gasteiger partial charge in [0.1, 0.15) is 0 Å². The third kappa shape index (κ3) is 4.00. The lowest BCUT2D eigenvalue weighted by Gasteiger charge is -2.40. The molecule has 2 aromatic rings. The van der Waals surface area contributed by atoms with E-state index in [1.807, 2.05) is 0 Å². The van der Waals surface area contributed by atoms with Gasteiger partial charge in [-0.3, -0.25) is 4.79 Å². The van der Waals surface area contributed by atoms with Crippen LogP contribution in [0, 0.1) is 23.2 Å². The van der Waals surface area contributed by atoms with Crippen molar-refractivity contribution in [2.24, 2.45) is 23.2 Å². The molecular formula is C21H24F3N5O3. The van der Waals surface area contributed by atoms with Gasteiger partial charge in [-0.1, -0.05) is 0 Å². The number of hydrogen-bond donors (Lipinski definition) is 3. The summed E-state index contributed by atoms with van der Waals surface area (Å²) in [7, 11) is 0. The van der Waals surface area contributed by atoms with E-state index in [4.69, 9.17) is 0 Å². The summed E-state index contributed by atoms with van der Waals surface area (Å²) >= 11 is 0.